The topological polar surface area (TPSA) is 17.1 Å². The Morgan fingerprint density at radius 1 is 0.900 bits per heavy atom. The lowest BCUT2D eigenvalue weighted by atomic mass is 10.0. The van der Waals surface area contributed by atoms with Crippen molar-refractivity contribution in [3.8, 4) is 0 Å². The molecular weight excluding hydrogens is 289 g/mol. The van der Waals surface area contributed by atoms with Crippen molar-refractivity contribution in [3.05, 3.63) is 70.0 Å². The fourth-order valence-corrected chi connectivity index (χ4v) is 2.05. The van der Waals surface area contributed by atoms with Crippen LogP contribution in [0.15, 0.2) is 36.4 Å². The highest BCUT2D eigenvalue weighted by Crippen LogP contribution is 2.21. The fraction of sp³-hybridized carbons (Fsp3) is 0.133. The zero-order chi connectivity index (χ0) is 14.7. The van der Waals surface area contributed by atoms with Gasteiger partial charge >= 0.3 is 0 Å². The summed E-state index contributed by atoms with van der Waals surface area (Å²) >= 11 is 5.73. The second-order valence-corrected chi connectivity index (χ2v) is 4.68. The van der Waals surface area contributed by atoms with Gasteiger partial charge in [-0.1, -0.05) is 29.8 Å². The van der Waals surface area contributed by atoms with E-state index in [0.29, 0.717) is 5.56 Å². The predicted octanol–water partition coefficient (Wildman–Crippen LogP) is 4.11. The van der Waals surface area contributed by atoms with E-state index in [2.05, 4.69) is 0 Å². The molecule has 5 heteroatoms. The van der Waals surface area contributed by atoms with Crippen LogP contribution < -0.4 is 0 Å². The van der Waals surface area contributed by atoms with Crippen molar-refractivity contribution >= 4 is 17.4 Å². The number of benzene rings is 2. The van der Waals surface area contributed by atoms with Crippen LogP contribution in [0.25, 0.3) is 0 Å². The molecule has 2 rings (SSSR count). The molecule has 0 aliphatic carbocycles. The predicted molar refractivity (Wildman–Crippen MR) is 70.2 cm³/mol. The number of hydrogen-bond acceptors (Lipinski definition) is 1. The van der Waals surface area contributed by atoms with Gasteiger partial charge in [-0.15, -0.1) is 0 Å². The molecule has 2 aromatic rings. The molecule has 0 radical (unpaired) electrons. The Labute approximate surface area is 119 Å². The second-order valence-electron chi connectivity index (χ2n) is 4.31. The van der Waals surface area contributed by atoms with Gasteiger partial charge in [0.05, 0.1) is 5.02 Å². The molecule has 1 nitrogen and oxygen atoms in total. The third-order valence-electron chi connectivity index (χ3n) is 2.85. The minimum absolute atomic E-state index is 0.144. The smallest absolute Gasteiger partial charge is 0.142 e. The first-order valence-electron chi connectivity index (χ1n) is 5.86. The monoisotopic (exact) mass is 298 g/mol. The summed E-state index contributed by atoms with van der Waals surface area (Å²) < 4.78 is 40.1. The zero-order valence-electron chi connectivity index (χ0n) is 10.3. The van der Waals surface area contributed by atoms with Gasteiger partial charge in [-0.05, 0) is 23.8 Å². The third-order valence-corrected chi connectivity index (χ3v) is 3.28. The van der Waals surface area contributed by atoms with E-state index in [4.69, 9.17) is 11.6 Å². The summed E-state index contributed by atoms with van der Waals surface area (Å²) in [6.07, 6.45) is -0.574. The Morgan fingerprint density at radius 3 is 2.10 bits per heavy atom. The van der Waals surface area contributed by atoms with Crippen molar-refractivity contribution < 1.29 is 18.0 Å². The normalized spacial score (nSPS) is 10.6. The van der Waals surface area contributed by atoms with E-state index in [-0.39, 0.29) is 17.0 Å². The van der Waals surface area contributed by atoms with E-state index < -0.39 is 29.7 Å². The molecule has 0 aliphatic rings. The van der Waals surface area contributed by atoms with Gasteiger partial charge in [0.1, 0.15) is 23.2 Å². The SMILES string of the molecule is O=C(Cc1cccc(F)c1Cl)Cc1c(F)cccc1F. The average molecular weight is 299 g/mol. The van der Waals surface area contributed by atoms with Gasteiger partial charge in [0.25, 0.3) is 0 Å². The molecule has 0 aliphatic heterocycles. The molecule has 104 valence electrons. The van der Waals surface area contributed by atoms with Crippen LogP contribution in [0.5, 0.6) is 0 Å². The van der Waals surface area contributed by atoms with Crippen molar-refractivity contribution in [3.63, 3.8) is 0 Å². The largest absolute Gasteiger partial charge is 0.299 e. The number of carbonyl (C=O) groups is 1. The quantitative estimate of drug-likeness (QED) is 0.830. The van der Waals surface area contributed by atoms with Crippen LogP contribution in [-0.4, -0.2) is 5.78 Å². The van der Waals surface area contributed by atoms with Gasteiger partial charge in [-0.2, -0.15) is 0 Å². The number of ketones is 1. The minimum Gasteiger partial charge on any atom is -0.299 e. The second kappa shape index (κ2) is 6.09. The molecule has 0 saturated heterocycles. The van der Waals surface area contributed by atoms with Crippen molar-refractivity contribution in [2.75, 3.05) is 0 Å². The van der Waals surface area contributed by atoms with Gasteiger partial charge in [-0.25, -0.2) is 13.2 Å². The van der Waals surface area contributed by atoms with Crippen LogP contribution in [0.3, 0.4) is 0 Å². The minimum atomic E-state index is -0.774. The van der Waals surface area contributed by atoms with Crippen molar-refractivity contribution in [2.24, 2.45) is 0 Å². The molecular formula is C15H10ClF3O. The lowest BCUT2D eigenvalue weighted by Crippen LogP contribution is -2.10. The molecule has 0 N–H and O–H groups in total. The molecule has 0 spiro atoms. The van der Waals surface area contributed by atoms with Gasteiger partial charge in [0.15, 0.2) is 0 Å². The van der Waals surface area contributed by atoms with Crippen LogP contribution in [0.4, 0.5) is 13.2 Å². The number of halogens is 4. The molecule has 0 bridgehead atoms. The van der Waals surface area contributed by atoms with E-state index in [1.54, 1.807) is 0 Å². The lowest BCUT2D eigenvalue weighted by Gasteiger charge is -2.06. The Bertz CT molecular complexity index is 635. The summed E-state index contributed by atoms with van der Waals surface area (Å²) in [5, 5.41) is -0.144. The third kappa shape index (κ3) is 3.20. The van der Waals surface area contributed by atoms with Crippen LogP contribution in [0, 0.1) is 17.5 Å². The molecule has 2 aromatic carbocycles. The first-order chi connectivity index (χ1) is 9.49. The highest BCUT2D eigenvalue weighted by atomic mass is 35.5. The Hall–Kier alpha value is -1.81. The zero-order valence-corrected chi connectivity index (χ0v) is 11.1. The lowest BCUT2D eigenvalue weighted by molar-refractivity contribution is -0.117. The molecule has 0 aromatic heterocycles. The standard InChI is InChI=1S/C15H10ClF3O/c16-15-9(3-1-6-14(15)19)7-10(20)8-11-12(17)4-2-5-13(11)18/h1-6H,7-8H2. The Balaban J connectivity index is 2.16. The van der Waals surface area contributed by atoms with Gasteiger partial charge in [0, 0.05) is 18.4 Å². The summed E-state index contributed by atoms with van der Waals surface area (Å²) in [5.74, 6) is -2.62. The first kappa shape index (κ1) is 14.6. The molecule has 0 saturated carbocycles. The van der Waals surface area contributed by atoms with Crippen LogP contribution in [-0.2, 0) is 17.6 Å². The molecule has 0 unspecified atom stereocenters. The maximum absolute atomic E-state index is 13.4. The van der Waals surface area contributed by atoms with Crippen molar-refractivity contribution in [2.45, 2.75) is 12.8 Å². The van der Waals surface area contributed by atoms with E-state index in [9.17, 15) is 18.0 Å². The summed E-state index contributed by atoms with van der Waals surface area (Å²) in [7, 11) is 0. The van der Waals surface area contributed by atoms with Gasteiger partial charge < -0.3 is 0 Å². The summed E-state index contributed by atoms with van der Waals surface area (Å²) in [5.41, 5.74) is 0.0124. The molecule has 0 heterocycles. The van der Waals surface area contributed by atoms with E-state index in [0.717, 1.165) is 12.1 Å². The average Bonchev–Trinajstić information content (AvgIpc) is 2.39. The molecule has 0 amide bonds. The number of hydrogen-bond donors (Lipinski definition) is 0. The summed E-state index contributed by atoms with van der Waals surface area (Å²) in [6.45, 7) is 0. The van der Waals surface area contributed by atoms with Gasteiger partial charge in [-0.3, -0.25) is 4.79 Å². The number of Topliss-reactive ketones (excluding diaryl/α,β-unsaturated/α-hetero) is 1. The molecule has 0 fully saturated rings. The maximum atomic E-state index is 13.4. The summed E-state index contributed by atoms with van der Waals surface area (Å²) in [4.78, 5) is 11.8. The van der Waals surface area contributed by atoms with E-state index >= 15 is 0 Å². The first-order valence-corrected chi connectivity index (χ1v) is 6.24. The van der Waals surface area contributed by atoms with Crippen molar-refractivity contribution in [1.29, 1.82) is 0 Å². The highest BCUT2D eigenvalue weighted by molar-refractivity contribution is 6.31. The van der Waals surface area contributed by atoms with Gasteiger partial charge in [0.2, 0.25) is 0 Å². The van der Waals surface area contributed by atoms with Crippen LogP contribution in [0.2, 0.25) is 5.02 Å². The summed E-state index contributed by atoms with van der Waals surface area (Å²) in [6, 6.07) is 7.49. The van der Waals surface area contributed by atoms with E-state index in [1.807, 2.05) is 0 Å². The highest BCUT2D eigenvalue weighted by Gasteiger charge is 2.15. The Morgan fingerprint density at radius 2 is 1.45 bits per heavy atom. The number of carbonyl (C=O) groups excluding carboxylic acids is 1. The molecule has 20 heavy (non-hydrogen) atoms. The molecule has 0 atom stereocenters. The van der Waals surface area contributed by atoms with Crippen molar-refractivity contribution in [1.82, 2.24) is 0 Å². The van der Waals surface area contributed by atoms with Crippen LogP contribution in [0.1, 0.15) is 11.1 Å². The Kier molecular flexibility index (Phi) is 4.45. The van der Waals surface area contributed by atoms with Crippen LogP contribution >= 0.6 is 11.6 Å². The van der Waals surface area contributed by atoms with E-state index in [1.165, 1.54) is 24.3 Å². The fourth-order valence-electron chi connectivity index (χ4n) is 1.86. The maximum Gasteiger partial charge on any atom is 0.142 e. The number of rotatable bonds is 4.